The molecule has 0 saturated carbocycles. The Morgan fingerprint density at radius 1 is 1.06 bits per heavy atom. The summed E-state index contributed by atoms with van der Waals surface area (Å²) in [5, 5.41) is 3.21. The lowest BCUT2D eigenvalue weighted by atomic mass is 10.2. The van der Waals surface area contributed by atoms with Gasteiger partial charge in [-0.3, -0.25) is 14.6 Å². The molecule has 4 rings (SSSR count). The van der Waals surface area contributed by atoms with E-state index in [1.807, 2.05) is 61.5 Å². The fourth-order valence-electron chi connectivity index (χ4n) is 3.65. The second-order valence-electron chi connectivity index (χ2n) is 7.86. The summed E-state index contributed by atoms with van der Waals surface area (Å²) < 4.78 is 18.8. The first kappa shape index (κ1) is 24.5. The largest absolute Gasteiger partial charge is 0.494 e. The van der Waals surface area contributed by atoms with Gasteiger partial charge in [0.15, 0.2) is 5.17 Å². The molecule has 1 aliphatic heterocycles. The van der Waals surface area contributed by atoms with Gasteiger partial charge in [0.25, 0.3) is 0 Å². The quantitative estimate of drug-likeness (QED) is 0.263. The van der Waals surface area contributed by atoms with E-state index in [2.05, 4.69) is 5.32 Å². The normalized spacial score (nSPS) is 16.0. The minimum absolute atomic E-state index is 0.0452. The molecular formula is C27H26FN3O3S. The number of hydrogen-bond donors (Lipinski definition) is 1. The highest BCUT2D eigenvalue weighted by atomic mass is 32.2. The highest BCUT2D eigenvalue weighted by molar-refractivity contribution is 8.15. The Morgan fingerprint density at radius 2 is 1.77 bits per heavy atom. The van der Waals surface area contributed by atoms with Crippen LogP contribution in [0.2, 0.25) is 0 Å². The van der Waals surface area contributed by atoms with Crippen LogP contribution in [-0.2, 0) is 16.0 Å². The van der Waals surface area contributed by atoms with E-state index in [4.69, 9.17) is 9.73 Å². The van der Waals surface area contributed by atoms with Crippen LogP contribution in [0.3, 0.4) is 0 Å². The highest BCUT2D eigenvalue weighted by Crippen LogP contribution is 2.31. The maximum atomic E-state index is 13.3. The zero-order valence-electron chi connectivity index (χ0n) is 19.3. The van der Waals surface area contributed by atoms with Gasteiger partial charge in [-0.2, -0.15) is 0 Å². The number of halogens is 1. The van der Waals surface area contributed by atoms with E-state index in [9.17, 15) is 14.0 Å². The van der Waals surface area contributed by atoms with Crippen LogP contribution in [0.1, 0.15) is 18.9 Å². The smallest absolute Gasteiger partial charge is 0.247 e. The molecule has 0 unspecified atom stereocenters. The Morgan fingerprint density at radius 3 is 2.46 bits per heavy atom. The van der Waals surface area contributed by atoms with Crippen molar-refractivity contribution in [3.63, 3.8) is 0 Å². The van der Waals surface area contributed by atoms with E-state index in [0.29, 0.717) is 24.0 Å². The molecule has 0 radical (unpaired) electrons. The fourth-order valence-corrected chi connectivity index (χ4v) is 4.70. The van der Waals surface area contributed by atoms with Crippen LogP contribution in [0, 0.1) is 5.82 Å². The Kier molecular flexibility index (Phi) is 8.15. The number of aliphatic imine (C=N–C) groups is 1. The Bertz CT molecular complexity index is 1180. The van der Waals surface area contributed by atoms with Crippen molar-refractivity contribution >= 4 is 40.1 Å². The van der Waals surface area contributed by atoms with Crippen molar-refractivity contribution in [3.8, 4) is 5.75 Å². The van der Waals surface area contributed by atoms with Crippen molar-refractivity contribution in [3.05, 3.63) is 90.2 Å². The number of nitrogens with one attached hydrogen (secondary N) is 1. The molecule has 35 heavy (non-hydrogen) atoms. The number of thioether (sulfide) groups is 1. The number of benzene rings is 3. The average molecular weight is 492 g/mol. The molecule has 3 aromatic carbocycles. The van der Waals surface area contributed by atoms with Crippen LogP contribution in [0.25, 0.3) is 0 Å². The zero-order chi connectivity index (χ0) is 24.6. The van der Waals surface area contributed by atoms with Gasteiger partial charge in [0.1, 0.15) is 16.8 Å². The number of hydrogen-bond acceptors (Lipinski definition) is 5. The average Bonchev–Trinajstić information content (AvgIpc) is 3.14. The summed E-state index contributed by atoms with van der Waals surface area (Å²) in [6.07, 6.45) is 0.790. The number of carbonyl (C=O) groups excluding carboxylic acids is 2. The molecule has 0 aromatic heterocycles. The van der Waals surface area contributed by atoms with Crippen molar-refractivity contribution in [1.82, 2.24) is 0 Å². The number of amides is 2. The predicted molar refractivity (Wildman–Crippen MR) is 139 cm³/mol. The summed E-state index contributed by atoms with van der Waals surface area (Å²) in [4.78, 5) is 31.6. The molecular weight excluding hydrogens is 465 g/mol. The van der Waals surface area contributed by atoms with Gasteiger partial charge < -0.3 is 10.1 Å². The van der Waals surface area contributed by atoms with Crippen molar-refractivity contribution in [2.24, 2.45) is 4.99 Å². The van der Waals surface area contributed by atoms with Gasteiger partial charge in [-0.1, -0.05) is 42.1 Å². The molecule has 1 aliphatic rings. The van der Waals surface area contributed by atoms with E-state index in [0.717, 1.165) is 28.3 Å². The molecule has 1 saturated heterocycles. The molecule has 8 heteroatoms. The predicted octanol–water partition coefficient (Wildman–Crippen LogP) is 5.30. The van der Waals surface area contributed by atoms with Gasteiger partial charge in [0, 0.05) is 18.7 Å². The second kappa shape index (κ2) is 11.7. The van der Waals surface area contributed by atoms with Crippen LogP contribution in [0.5, 0.6) is 5.75 Å². The molecule has 180 valence electrons. The fraction of sp³-hybridized carbons (Fsp3) is 0.222. The van der Waals surface area contributed by atoms with Gasteiger partial charge in [-0.25, -0.2) is 9.29 Å². The van der Waals surface area contributed by atoms with Crippen LogP contribution in [-0.4, -0.2) is 35.4 Å². The van der Waals surface area contributed by atoms with Crippen molar-refractivity contribution < 1.29 is 18.7 Å². The third kappa shape index (κ3) is 6.48. The van der Waals surface area contributed by atoms with Gasteiger partial charge in [0.2, 0.25) is 11.8 Å². The Labute approximate surface area is 208 Å². The van der Waals surface area contributed by atoms with Crippen LogP contribution in [0.4, 0.5) is 15.8 Å². The minimum Gasteiger partial charge on any atom is -0.494 e. The summed E-state index contributed by atoms with van der Waals surface area (Å²) in [6, 6.07) is 22.9. The first-order valence-corrected chi connectivity index (χ1v) is 12.3. The molecule has 0 bridgehead atoms. The van der Waals surface area contributed by atoms with Crippen LogP contribution >= 0.6 is 11.8 Å². The maximum Gasteiger partial charge on any atom is 0.247 e. The maximum absolute atomic E-state index is 13.3. The van der Waals surface area contributed by atoms with Gasteiger partial charge >= 0.3 is 0 Å². The number of nitrogens with zero attached hydrogens (tertiary/aromatic N) is 2. The van der Waals surface area contributed by atoms with Crippen molar-refractivity contribution in [2.45, 2.75) is 25.0 Å². The third-order valence-corrected chi connectivity index (χ3v) is 6.47. The number of ether oxygens (including phenoxy) is 1. The van der Waals surface area contributed by atoms with Crippen LogP contribution < -0.4 is 15.0 Å². The van der Waals surface area contributed by atoms with E-state index in [1.54, 1.807) is 0 Å². The number of carbonyl (C=O) groups is 2. The van der Waals surface area contributed by atoms with Gasteiger partial charge in [-0.05, 0) is 67.4 Å². The highest BCUT2D eigenvalue weighted by Gasteiger charge is 2.40. The molecule has 1 N–H and O–H groups in total. The molecule has 1 fully saturated rings. The number of rotatable bonds is 8. The van der Waals surface area contributed by atoms with E-state index < -0.39 is 11.1 Å². The van der Waals surface area contributed by atoms with E-state index in [1.165, 1.54) is 36.0 Å². The van der Waals surface area contributed by atoms with E-state index in [-0.39, 0.29) is 18.2 Å². The molecule has 0 spiro atoms. The second-order valence-corrected chi connectivity index (χ2v) is 9.05. The monoisotopic (exact) mass is 491 g/mol. The minimum atomic E-state index is -0.627. The Balaban J connectivity index is 1.49. The molecule has 1 heterocycles. The zero-order valence-corrected chi connectivity index (χ0v) is 20.1. The summed E-state index contributed by atoms with van der Waals surface area (Å²) in [5.74, 6) is -0.314. The summed E-state index contributed by atoms with van der Waals surface area (Å²) in [5.41, 5.74) is 2.33. The first-order valence-electron chi connectivity index (χ1n) is 11.4. The third-order valence-electron chi connectivity index (χ3n) is 5.36. The van der Waals surface area contributed by atoms with Crippen molar-refractivity contribution in [2.75, 3.05) is 23.4 Å². The van der Waals surface area contributed by atoms with Crippen molar-refractivity contribution in [1.29, 1.82) is 0 Å². The number of anilines is 2. The molecule has 0 aliphatic carbocycles. The lowest BCUT2D eigenvalue weighted by Gasteiger charge is -2.16. The molecule has 1 atom stereocenters. The topological polar surface area (TPSA) is 71.0 Å². The molecule has 3 aromatic rings. The Hall–Kier alpha value is -3.65. The number of imide groups is 1. The van der Waals surface area contributed by atoms with Gasteiger partial charge in [-0.15, -0.1) is 0 Å². The lowest BCUT2D eigenvalue weighted by molar-refractivity contribution is -0.121. The summed E-state index contributed by atoms with van der Waals surface area (Å²) in [6.45, 7) is 3.03. The summed E-state index contributed by atoms with van der Waals surface area (Å²) in [7, 11) is 0. The first-order chi connectivity index (χ1) is 17.0. The summed E-state index contributed by atoms with van der Waals surface area (Å²) >= 11 is 1.23. The van der Waals surface area contributed by atoms with E-state index >= 15 is 0 Å². The lowest BCUT2D eigenvalue weighted by Crippen LogP contribution is -2.31. The molecule has 2 amide bonds. The molecule has 6 nitrogen and oxygen atoms in total. The number of amidine groups is 1. The van der Waals surface area contributed by atoms with Gasteiger partial charge in [0.05, 0.1) is 12.3 Å². The SMILES string of the molecule is CCOc1ccc(NC(=NCCc2ccccc2)S[C@@H]2CC(=O)N(c3ccc(F)cc3)C2=O)cc1. The standard InChI is InChI=1S/C27H26FN3O3S/c1-2-34-23-14-10-21(11-15-23)30-27(29-17-16-19-6-4-3-5-7-19)35-24-18-25(32)31(26(24)33)22-12-8-20(28)9-13-22/h3-15,24H,2,16-18H2,1H3,(H,29,30)/t24-/m1/s1. The van der Waals surface area contributed by atoms with Crippen LogP contribution in [0.15, 0.2) is 83.9 Å².